The molecule has 136 valence electrons. The molecule has 4 nitrogen and oxygen atoms in total. The van der Waals surface area contributed by atoms with Crippen molar-refractivity contribution in [1.82, 2.24) is 0 Å². The van der Waals surface area contributed by atoms with Gasteiger partial charge in [-0.3, -0.25) is 4.90 Å². The van der Waals surface area contributed by atoms with Crippen LogP contribution in [0.15, 0.2) is 24.0 Å². The fraction of sp³-hybridized carbons (Fsp3) is 0.733. The first kappa shape index (κ1) is 22.1. The van der Waals surface area contributed by atoms with Crippen LogP contribution in [-0.4, -0.2) is 25.0 Å². The van der Waals surface area contributed by atoms with E-state index in [-0.39, 0.29) is 0 Å². The number of alkyl halides is 3. The van der Waals surface area contributed by atoms with Crippen LogP contribution in [0.4, 0.5) is 13.2 Å². The van der Waals surface area contributed by atoms with Crippen LogP contribution in [0.5, 0.6) is 0 Å². The predicted molar refractivity (Wildman–Crippen MR) is 82.5 cm³/mol. The van der Waals surface area contributed by atoms with Gasteiger partial charge in [-0.25, -0.2) is 8.42 Å². The Morgan fingerprint density at radius 3 is 1.96 bits per heavy atom. The van der Waals surface area contributed by atoms with Crippen LogP contribution in [-0.2, 0) is 10.1 Å². The molecular weight excluding hydrogens is 331 g/mol. The van der Waals surface area contributed by atoms with Gasteiger partial charge in [0.25, 0.3) is 0 Å². The van der Waals surface area contributed by atoms with Crippen molar-refractivity contribution in [3.05, 3.63) is 24.0 Å². The molecule has 0 aromatic heterocycles. The molecule has 0 aromatic carbocycles. The van der Waals surface area contributed by atoms with Gasteiger partial charge in [-0.2, -0.15) is 13.2 Å². The van der Waals surface area contributed by atoms with Crippen molar-refractivity contribution < 1.29 is 31.0 Å². The van der Waals surface area contributed by atoms with E-state index in [0.29, 0.717) is 0 Å². The second kappa shape index (κ2) is 10.8. The molecule has 8 heteroatoms. The van der Waals surface area contributed by atoms with Crippen molar-refractivity contribution >= 4 is 10.1 Å². The summed E-state index contributed by atoms with van der Waals surface area (Å²) >= 11 is 0. The van der Waals surface area contributed by atoms with Crippen molar-refractivity contribution in [3.8, 4) is 0 Å². The Hall–Kier alpha value is -0.860. The lowest BCUT2D eigenvalue weighted by Gasteiger charge is -2.08. The molecule has 0 bridgehead atoms. The number of nitrogens with one attached hydrogen (secondary N) is 1. The summed E-state index contributed by atoms with van der Waals surface area (Å²) in [5, 5.41) is 0. The predicted octanol–water partition coefficient (Wildman–Crippen LogP) is 3.10. The highest BCUT2D eigenvalue weighted by atomic mass is 32.2. The fourth-order valence-corrected chi connectivity index (χ4v) is 2.07. The summed E-state index contributed by atoms with van der Waals surface area (Å²) in [4.78, 5) is 1.53. The van der Waals surface area contributed by atoms with Gasteiger partial charge in [-0.1, -0.05) is 39.0 Å². The van der Waals surface area contributed by atoms with E-state index in [1.807, 2.05) is 0 Å². The number of quaternary nitrogens is 1. The normalized spacial score (nSPS) is 17.7. The highest BCUT2D eigenvalue weighted by molar-refractivity contribution is 7.86. The number of allylic oxidation sites excluding steroid dienone is 2. The average Bonchev–Trinajstić information content (AvgIpc) is 2.82. The van der Waals surface area contributed by atoms with Gasteiger partial charge in [0, 0.05) is 5.57 Å². The largest absolute Gasteiger partial charge is 0.741 e. The Morgan fingerprint density at radius 1 is 1.09 bits per heavy atom. The van der Waals surface area contributed by atoms with Gasteiger partial charge >= 0.3 is 5.51 Å². The zero-order valence-corrected chi connectivity index (χ0v) is 14.5. The molecule has 0 saturated heterocycles. The first-order valence-electron chi connectivity index (χ1n) is 7.82. The van der Waals surface area contributed by atoms with Crippen molar-refractivity contribution in [2.45, 2.75) is 64.3 Å². The standard InChI is InChI=1S/C14H25N.CHF3O3S/c1-3-4-5-6-7-8-9-11-15-12-10-14(2)13-15;2-1(3,4)8(5,6)7/h10,12-13H,3-9,11H2,1-2H3;(H,5,6,7). The molecular formula is C15H26F3NO3S. The lowest BCUT2D eigenvalue weighted by atomic mass is 10.1. The van der Waals surface area contributed by atoms with E-state index in [1.165, 1.54) is 62.0 Å². The smallest absolute Gasteiger partial charge is 0.485 e. The van der Waals surface area contributed by atoms with E-state index in [4.69, 9.17) is 13.0 Å². The van der Waals surface area contributed by atoms with Crippen molar-refractivity contribution in [3.63, 3.8) is 0 Å². The Balaban J connectivity index is 0.000000515. The van der Waals surface area contributed by atoms with Crippen LogP contribution in [0.2, 0.25) is 0 Å². The minimum atomic E-state index is -6.09. The van der Waals surface area contributed by atoms with Crippen LogP contribution in [0, 0.1) is 0 Å². The van der Waals surface area contributed by atoms with Crippen molar-refractivity contribution in [2.75, 3.05) is 6.54 Å². The molecule has 0 fully saturated rings. The minimum absolute atomic E-state index is 1.28. The summed E-state index contributed by atoms with van der Waals surface area (Å²) in [5.41, 5.74) is -4.24. The lowest BCUT2D eigenvalue weighted by Crippen LogP contribution is -3.01. The van der Waals surface area contributed by atoms with Crippen LogP contribution < -0.4 is 4.90 Å². The maximum Gasteiger partial charge on any atom is 0.485 e. The molecule has 1 atom stereocenters. The third kappa shape index (κ3) is 11.3. The Morgan fingerprint density at radius 2 is 1.57 bits per heavy atom. The second-order valence-electron chi connectivity index (χ2n) is 5.57. The SMILES string of the molecule is CCCCCCCCC[NH+]1C=CC(C)=C1.O=S(=O)([O-])C(F)(F)F. The molecule has 1 unspecified atom stereocenters. The van der Waals surface area contributed by atoms with Gasteiger partial charge in [-0.15, -0.1) is 0 Å². The number of halogens is 3. The van der Waals surface area contributed by atoms with E-state index in [2.05, 4.69) is 32.3 Å². The van der Waals surface area contributed by atoms with Gasteiger partial charge in [0.1, 0.15) is 6.20 Å². The topological polar surface area (TPSA) is 61.6 Å². The van der Waals surface area contributed by atoms with Gasteiger partial charge in [-0.05, 0) is 25.8 Å². The van der Waals surface area contributed by atoms with Crippen molar-refractivity contribution in [1.29, 1.82) is 0 Å². The van der Waals surface area contributed by atoms with Crippen LogP contribution >= 0.6 is 0 Å². The quantitative estimate of drug-likeness (QED) is 0.412. The summed E-state index contributed by atoms with van der Waals surface area (Å²) in [6, 6.07) is 0. The summed E-state index contributed by atoms with van der Waals surface area (Å²) in [6.07, 6.45) is 16.7. The molecule has 1 N–H and O–H groups in total. The maximum absolute atomic E-state index is 10.7. The molecule has 0 amide bonds. The van der Waals surface area contributed by atoms with Gasteiger partial charge in [0.2, 0.25) is 0 Å². The highest BCUT2D eigenvalue weighted by Crippen LogP contribution is 2.20. The summed E-state index contributed by atoms with van der Waals surface area (Å²) in [7, 11) is -6.09. The molecule has 0 aromatic rings. The average molecular weight is 357 g/mol. The number of hydrogen-bond acceptors (Lipinski definition) is 3. The molecule has 0 spiro atoms. The van der Waals surface area contributed by atoms with Gasteiger partial charge in [0.15, 0.2) is 10.1 Å². The molecule has 0 saturated carbocycles. The third-order valence-electron chi connectivity index (χ3n) is 3.33. The molecule has 1 heterocycles. The lowest BCUT2D eigenvalue weighted by molar-refractivity contribution is -0.788. The molecule has 0 aliphatic carbocycles. The maximum atomic E-state index is 10.7. The zero-order chi connectivity index (χ0) is 17.9. The zero-order valence-electron chi connectivity index (χ0n) is 13.7. The Kier molecular flexibility index (Phi) is 10.4. The van der Waals surface area contributed by atoms with E-state index in [1.54, 1.807) is 0 Å². The van der Waals surface area contributed by atoms with E-state index < -0.39 is 15.6 Å². The molecule has 1 aliphatic heterocycles. The van der Waals surface area contributed by atoms with Gasteiger partial charge in [0.05, 0.1) is 12.7 Å². The van der Waals surface area contributed by atoms with E-state index >= 15 is 0 Å². The molecule has 1 aliphatic rings. The third-order valence-corrected chi connectivity index (χ3v) is 3.89. The molecule has 23 heavy (non-hydrogen) atoms. The molecule has 0 radical (unpaired) electrons. The number of unbranched alkanes of at least 4 members (excludes halogenated alkanes) is 6. The Labute approximate surface area is 136 Å². The highest BCUT2D eigenvalue weighted by Gasteiger charge is 2.36. The number of hydrogen-bond donors (Lipinski definition) is 1. The van der Waals surface area contributed by atoms with E-state index in [0.717, 1.165) is 0 Å². The number of rotatable bonds is 8. The minimum Gasteiger partial charge on any atom is -0.741 e. The molecule has 1 rings (SSSR count). The first-order valence-corrected chi connectivity index (χ1v) is 9.23. The van der Waals surface area contributed by atoms with Crippen LogP contribution in [0.1, 0.15) is 58.8 Å². The monoisotopic (exact) mass is 357 g/mol. The first-order chi connectivity index (χ1) is 10.6. The van der Waals surface area contributed by atoms with Gasteiger partial charge < -0.3 is 4.55 Å². The summed E-state index contributed by atoms with van der Waals surface area (Å²) < 4.78 is 58.9. The van der Waals surface area contributed by atoms with Crippen molar-refractivity contribution in [2.24, 2.45) is 0 Å². The Bertz CT molecular complexity index is 485. The summed E-state index contributed by atoms with van der Waals surface area (Å²) in [6.45, 7) is 5.73. The van der Waals surface area contributed by atoms with E-state index in [9.17, 15) is 13.2 Å². The van der Waals surface area contributed by atoms with Crippen LogP contribution in [0.3, 0.4) is 0 Å². The fourth-order valence-electron chi connectivity index (χ4n) is 2.07. The van der Waals surface area contributed by atoms with Crippen LogP contribution in [0.25, 0.3) is 0 Å². The summed E-state index contributed by atoms with van der Waals surface area (Å²) in [5.74, 6) is 0. The second-order valence-corrected chi connectivity index (χ2v) is 6.94.